The highest BCUT2D eigenvalue weighted by Crippen LogP contribution is 2.17. The van der Waals surface area contributed by atoms with Gasteiger partial charge in [-0.05, 0) is 37.1 Å². The molecule has 0 saturated heterocycles. The predicted octanol–water partition coefficient (Wildman–Crippen LogP) is 3.81. The van der Waals surface area contributed by atoms with Gasteiger partial charge in [-0.2, -0.15) is 0 Å². The van der Waals surface area contributed by atoms with E-state index < -0.39 is 0 Å². The number of hydrogen-bond acceptors (Lipinski definition) is 2. The zero-order valence-electron chi connectivity index (χ0n) is 9.71. The van der Waals surface area contributed by atoms with Gasteiger partial charge in [-0.15, -0.1) is 0 Å². The average molecular weight is 205 g/mol. The zero-order chi connectivity index (χ0) is 11.1. The maximum absolute atomic E-state index is 5.11. The van der Waals surface area contributed by atoms with Gasteiger partial charge in [0, 0.05) is 11.4 Å². The largest absolute Gasteiger partial charge is 0.497 e. The van der Waals surface area contributed by atoms with E-state index in [1.54, 1.807) is 7.11 Å². The fraction of sp³-hybridized carbons (Fsp3) is 0.385. The van der Waals surface area contributed by atoms with Gasteiger partial charge in [0.15, 0.2) is 0 Å². The minimum Gasteiger partial charge on any atom is -0.497 e. The van der Waals surface area contributed by atoms with Crippen LogP contribution in [0.1, 0.15) is 26.7 Å². The lowest BCUT2D eigenvalue weighted by molar-refractivity contribution is 0.415. The van der Waals surface area contributed by atoms with Crippen molar-refractivity contribution in [1.82, 2.24) is 0 Å². The summed E-state index contributed by atoms with van der Waals surface area (Å²) < 4.78 is 5.11. The smallest absolute Gasteiger partial charge is 0.119 e. The second-order valence-electron chi connectivity index (χ2n) is 3.34. The number of benzene rings is 1. The predicted molar refractivity (Wildman–Crippen MR) is 65.3 cm³/mol. The molecule has 2 heteroatoms. The molecule has 0 atom stereocenters. The van der Waals surface area contributed by atoms with Gasteiger partial charge in [0.05, 0.1) is 7.11 Å². The third kappa shape index (κ3) is 3.66. The van der Waals surface area contributed by atoms with E-state index in [1.165, 1.54) is 5.70 Å². The molecule has 0 unspecified atom stereocenters. The van der Waals surface area contributed by atoms with Crippen LogP contribution in [0.15, 0.2) is 36.0 Å². The zero-order valence-corrected chi connectivity index (χ0v) is 9.71. The number of ether oxygens (including phenoxy) is 1. The van der Waals surface area contributed by atoms with E-state index in [0.717, 1.165) is 24.3 Å². The monoisotopic (exact) mass is 205 g/mol. The van der Waals surface area contributed by atoms with Crippen molar-refractivity contribution in [3.63, 3.8) is 0 Å². The summed E-state index contributed by atoms with van der Waals surface area (Å²) in [5.41, 5.74) is 2.38. The van der Waals surface area contributed by atoms with Crippen molar-refractivity contribution >= 4 is 5.69 Å². The van der Waals surface area contributed by atoms with E-state index in [2.05, 4.69) is 25.2 Å². The van der Waals surface area contributed by atoms with E-state index in [-0.39, 0.29) is 0 Å². The van der Waals surface area contributed by atoms with Crippen LogP contribution in [0.2, 0.25) is 0 Å². The highest BCUT2D eigenvalue weighted by atomic mass is 16.5. The standard InChI is InChI=1S/C13H19NO/c1-4-6-11(5-2)14-12-7-9-13(15-3)10-8-12/h6-10,14H,4-5H2,1-3H3. The molecule has 0 radical (unpaired) electrons. The van der Waals surface area contributed by atoms with Gasteiger partial charge in [0.2, 0.25) is 0 Å². The minimum absolute atomic E-state index is 0.887. The van der Waals surface area contributed by atoms with E-state index in [1.807, 2.05) is 24.3 Å². The first-order valence-electron chi connectivity index (χ1n) is 5.40. The molecule has 0 aliphatic carbocycles. The summed E-state index contributed by atoms with van der Waals surface area (Å²) in [4.78, 5) is 0. The second-order valence-corrected chi connectivity index (χ2v) is 3.34. The van der Waals surface area contributed by atoms with Gasteiger partial charge in [-0.3, -0.25) is 0 Å². The van der Waals surface area contributed by atoms with Crippen LogP contribution in [0.5, 0.6) is 5.75 Å². The molecule has 15 heavy (non-hydrogen) atoms. The lowest BCUT2D eigenvalue weighted by Gasteiger charge is -2.09. The summed E-state index contributed by atoms with van der Waals surface area (Å²) in [6.07, 6.45) is 4.30. The summed E-state index contributed by atoms with van der Waals surface area (Å²) in [5, 5.41) is 3.39. The highest BCUT2D eigenvalue weighted by molar-refractivity contribution is 5.50. The van der Waals surface area contributed by atoms with Crippen LogP contribution in [-0.4, -0.2) is 7.11 Å². The first kappa shape index (κ1) is 11.6. The van der Waals surface area contributed by atoms with Crippen LogP contribution < -0.4 is 10.1 Å². The molecule has 0 saturated carbocycles. The maximum atomic E-state index is 5.11. The van der Waals surface area contributed by atoms with Crippen molar-refractivity contribution in [3.05, 3.63) is 36.0 Å². The lowest BCUT2D eigenvalue weighted by Crippen LogP contribution is -1.98. The molecule has 0 amide bonds. The highest BCUT2D eigenvalue weighted by Gasteiger charge is 1.96. The van der Waals surface area contributed by atoms with Crippen molar-refractivity contribution in [2.75, 3.05) is 12.4 Å². The van der Waals surface area contributed by atoms with Gasteiger partial charge < -0.3 is 10.1 Å². The molecule has 0 spiro atoms. The number of anilines is 1. The van der Waals surface area contributed by atoms with Crippen molar-refractivity contribution < 1.29 is 4.74 Å². The van der Waals surface area contributed by atoms with Crippen molar-refractivity contribution in [2.24, 2.45) is 0 Å². The first-order chi connectivity index (χ1) is 7.30. The molecular formula is C13H19NO. The van der Waals surface area contributed by atoms with Crippen LogP contribution in [-0.2, 0) is 0 Å². The molecule has 2 nitrogen and oxygen atoms in total. The number of hydrogen-bond donors (Lipinski definition) is 1. The van der Waals surface area contributed by atoms with Crippen LogP contribution in [0.25, 0.3) is 0 Å². The molecule has 0 aliphatic heterocycles. The summed E-state index contributed by atoms with van der Waals surface area (Å²) in [7, 11) is 1.68. The maximum Gasteiger partial charge on any atom is 0.119 e. The Morgan fingerprint density at radius 1 is 1.27 bits per heavy atom. The topological polar surface area (TPSA) is 21.3 Å². The van der Waals surface area contributed by atoms with Crippen LogP contribution in [0.4, 0.5) is 5.69 Å². The Morgan fingerprint density at radius 2 is 1.93 bits per heavy atom. The third-order valence-corrected chi connectivity index (χ3v) is 2.23. The molecule has 1 N–H and O–H groups in total. The van der Waals surface area contributed by atoms with Gasteiger partial charge in [-0.1, -0.05) is 19.9 Å². The molecule has 1 aromatic carbocycles. The number of nitrogens with one attached hydrogen (secondary N) is 1. The van der Waals surface area contributed by atoms with Gasteiger partial charge in [0.25, 0.3) is 0 Å². The molecule has 82 valence electrons. The molecule has 0 heterocycles. The Bertz CT molecular complexity index is 314. The van der Waals surface area contributed by atoms with Crippen molar-refractivity contribution in [1.29, 1.82) is 0 Å². The Morgan fingerprint density at radius 3 is 2.40 bits per heavy atom. The van der Waals surface area contributed by atoms with Crippen LogP contribution >= 0.6 is 0 Å². The summed E-state index contributed by atoms with van der Waals surface area (Å²) >= 11 is 0. The fourth-order valence-corrected chi connectivity index (χ4v) is 1.39. The average Bonchev–Trinajstić information content (AvgIpc) is 2.29. The SMILES string of the molecule is CCC=C(CC)Nc1ccc(OC)cc1. The van der Waals surface area contributed by atoms with Crippen LogP contribution in [0, 0.1) is 0 Å². The quantitative estimate of drug-likeness (QED) is 0.789. The minimum atomic E-state index is 0.887. The van der Waals surface area contributed by atoms with Gasteiger partial charge >= 0.3 is 0 Å². The summed E-state index contributed by atoms with van der Waals surface area (Å²) in [5.74, 6) is 0.887. The first-order valence-corrected chi connectivity index (χ1v) is 5.40. The Labute approximate surface area is 92.0 Å². The molecular weight excluding hydrogens is 186 g/mol. The molecule has 1 rings (SSSR count). The molecule has 1 aromatic rings. The lowest BCUT2D eigenvalue weighted by atomic mass is 10.2. The second kappa shape index (κ2) is 6.12. The van der Waals surface area contributed by atoms with E-state index in [4.69, 9.17) is 4.74 Å². The number of methoxy groups -OCH3 is 1. The molecule has 0 bridgehead atoms. The van der Waals surface area contributed by atoms with E-state index in [9.17, 15) is 0 Å². The summed E-state index contributed by atoms with van der Waals surface area (Å²) in [6, 6.07) is 7.97. The van der Waals surface area contributed by atoms with Gasteiger partial charge in [-0.25, -0.2) is 0 Å². The Kier molecular flexibility index (Phi) is 4.75. The third-order valence-electron chi connectivity index (χ3n) is 2.23. The molecule has 0 aromatic heterocycles. The van der Waals surface area contributed by atoms with Crippen molar-refractivity contribution in [3.8, 4) is 5.75 Å². The van der Waals surface area contributed by atoms with Crippen molar-refractivity contribution in [2.45, 2.75) is 26.7 Å². The van der Waals surface area contributed by atoms with Gasteiger partial charge in [0.1, 0.15) is 5.75 Å². The number of rotatable bonds is 5. The Balaban J connectivity index is 2.67. The Hall–Kier alpha value is -1.44. The molecule has 0 fully saturated rings. The van der Waals surface area contributed by atoms with Crippen LogP contribution in [0.3, 0.4) is 0 Å². The fourth-order valence-electron chi connectivity index (χ4n) is 1.39. The normalized spacial score (nSPS) is 11.3. The van der Waals surface area contributed by atoms with E-state index in [0.29, 0.717) is 0 Å². The molecule has 0 aliphatic rings. The summed E-state index contributed by atoms with van der Waals surface area (Å²) in [6.45, 7) is 4.30. The number of allylic oxidation sites excluding steroid dienone is 2. The van der Waals surface area contributed by atoms with E-state index >= 15 is 0 Å².